The molecule has 0 spiro atoms. The van der Waals surface area contributed by atoms with Crippen molar-refractivity contribution in [1.82, 2.24) is 9.80 Å². The molecule has 2 aromatic carbocycles. The summed E-state index contributed by atoms with van der Waals surface area (Å²) in [4.78, 5) is 7.44. The zero-order chi connectivity index (χ0) is 18.3. The van der Waals surface area contributed by atoms with Crippen molar-refractivity contribution in [3.05, 3.63) is 53.6 Å². The van der Waals surface area contributed by atoms with Crippen molar-refractivity contribution in [3.8, 4) is 0 Å². The van der Waals surface area contributed by atoms with E-state index in [1.165, 1.54) is 0 Å². The van der Waals surface area contributed by atoms with Crippen LogP contribution in [0.1, 0.15) is 17.2 Å². The summed E-state index contributed by atoms with van der Waals surface area (Å²) in [6.45, 7) is 4.07. The number of hydrogen-bond donors (Lipinski definition) is 0. The largest absolute Gasteiger partial charge is 0.304 e. The molecule has 3 atom stereocenters. The maximum absolute atomic E-state index is 13.3. The lowest BCUT2D eigenvalue weighted by Gasteiger charge is -2.38. The van der Waals surface area contributed by atoms with Crippen LogP contribution in [0.5, 0.6) is 0 Å². The predicted octanol–water partition coefficient (Wildman–Crippen LogP) is 2.44. The van der Waals surface area contributed by atoms with Gasteiger partial charge in [-0.3, -0.25) is 9.11 Å². The molecule has 2 aliphatic heterocycles. The normalized spacial score (nSPS) is 25.2. The molecule has 0 bridgehead atoms. The zero-order valence-corrected chi connectivity index (χ0v) is 16.8. The third kappa shape index (κ3) is 3.31. The van der Waals surface area contributed by atoms with Crippen molar-refractivity contribution in [1.29, 1.82) is 0 Å². The van der Waals surface area contributed by atoms with Crippen molar-refractivity contribution in [2.75, 3.05) is 39.5 Å². The van der Waals surface area contributed by atoms with Crippen LogP contribution in [-0.2, 0) is 28.0 Å². The number of benzene rings is 2. The van der Waals surface area contributed by atoms with E-state index in [0.717, 1.165) is 58.4 Å². The van der Waals surface area contributed by atoms with Gasteiger partial charge in [-0.15, -0.1) is 0 Å². The molecule has 4 rings (SSSR count). The van der Waals surface area contributed by atoms with E-state index in [-0.39, 0.29) is 6.04 Å². The number of likely N-dealkylation sites (N-methyl/N-ethyl adjacent to an activating group) is 1. The van der Waals surface area contributed by atoms with Crippen LogP contribution in [0.2, 0.25) is 0 Å². The lowest BCUT2D eigenvalue weighted by Crippen LogP contribution is -2.46. The van der Waals surface area contributed by atoms with Gasteiger partial charge >= 0.3 is 0 Å². The van der Waals surface area contributed by atoms with Crippen LogP contribution in [0, 0.1) is 0 Å². The molecule has 0 aliphatic carbocycles. The number of nitrogens with zero attached hydrogens (tertiary/aromatic N) is 2. The van der Waals surface area contributed by atoms with Crippen LogP contribution in [0.4, 0.5) is 0 Å². The van der Waals surface area contributed by atoms with Crippen molar-refractivity contribution in [2.24, 2.45) is 0 Å². The molecule has 0 saturated carbocycles. The Morgan fingerprint density at radius 3 is 2.50 bits per heavy atom. The third-order valence-electron chi connectivity index (χ3n) is 5.44. The van der Waals surface area contributed by atoms with Gasteiger partial charge in [0.25, 0.3) is 0 Å². The quantitative estimate of drug-likeness (QED) is 0.792. The Morgan fingerprint density at radius 2 is 1.77 bits per heavy atom. The highest BCUT2D eigenvalue weighted by atomic mass is 32.2. The summed E-state index contributed by atoms with van der Waals surface area (Å²) >= 11 is 0. The van der Waals surface area contributed by atoms with Gasteiger partial charge < -0.3 is 4.90 Å². The Labute approximate surface area is 160 Å². The summed E-state index contributed by atoms with van der Waals surface area (Å²) in [7, 11) is -0.0888. The summed E-state index contributed by atoms with van der Waals surface area (Å²) in [6, 6.07) is 14.1. The lowest BCUT2D eigenvalue weighted by atomic mass is 9.96. The Kier molecular flexibility index (Phi) is 5.10. The summed E-state index contributed by atoms with van der Waals surface area (Å²) < 4.78 is 25.4. The maximum Gasteiger partial charge on any atom is 0.0855 e. The number of fused-ring (bicyclic) bond motifs is 2. The highest BCUT2D eigenvalue weighted by Crippen LogP contribution is 2.38. The third-order valence-corrected chi connectivity index (χ3v) is 7.92. The fourth-order valence-corrected chi connectivity index (χ4v) is 5.87. The van der Waals surface area contributed by atoms with Gasteiger partial charge in [-0.2, -0.15) is 0 Å². The first-order valence-corrected chi connectivity index (χ1v) is 11.6. The van der Waals surface area contributed by atoms with Crippen LogP contribution >= 0.6 is 0 Å². The highest BCUT2D eigenvalue weighted by molar-refractivity contribution is 7.85. The van der Waals surface area contributed by atoms with E-state index < -0.39 is 21.6 Å². The minimum Gasteiger partial charge on any atom is -0.304 e. The summed E-state index contributed by atoms with van der Waals surface area (Å²) in [5.41, 5.74) is 2.24. The Bertz CT molecular complexity index is 876. The molecular formula is C20H24N2O2S2. The van der Waals surface area contributed by atoms with Gasteiger partial charge in [-0.05, 0) is 48.9 Å². The molecule has 4 nitrogen and oxygen atoms in total. The van der Waals surface area contributed by atoms with Crippen LogP contribution in [0.3, 0.4) is 0 Å². The fourth-order valence-electron chi connectivity index (χ4n) is 3.88. The molecule has 138 valence electrons. The first-order valence-electron chi connectivity index (χ1n) is 8.94. The van der Waals surface area contributed by atoms with Crippen LogP contribution in [-0.4, -0.2) is 57.7 Å². The molecule has 0 N–H and O–H groups in total. The Hall–Kier alpha value is -1.34. The molecule has 1 saturated heterocycles. The minimum absolute atomic E-state index is 0.176. The van der Waals surface area contributed by atoms with Gasteiger partial charge in [-0.25, -0.2) is 4.21 Å². The van der Waals surface area contributed by atoms with Crippen LogP contribution < -0.4 is 0 Å². The first kappa shape index (κ1) is 18.0. The molecule has 0 aromatic heterocycles. The molecule has 6 heteroatoms. The van der Waals surface area contributed by atoms with E-state index in [4.69, 9.17) is 0 Å². The molecule has 2 aliphatic rings. The monoisotopic (exact) mass is 388 g/mol. The Balaban J connectivity index is 1.84. The van der Waals surface area contributed by atoms with Gasteiger partial charge in [0.2, 0.25) is 0 Å². The predicted molar refractivity (Wildman–Crippen MR) is 105 cm³/mol. The molecule has 26 heavy (non-hydrogen) atoms. The van der Waals surface area contributed by atoms with E-state index in [9.17, 15) is 8.42 Å². The van der Waals surface area contributed by atoms with Crippen LogP contribution in [0.25, 0.3) is 0 Å². The number of hydrogen-bond acceptors (Lipinski definition) is 4. The lowest BCUT2D eigenvalue weighted by molar-refractivity contribution is 0.109. The SMILES string of the molecule is CN1CCN(C2Cc3ccccc3S(=O)c3ccc(S(C)=O)cc32)CC1. The molecule has 2 heterocycles. The van der Waals surface area contributed by atoms with Crippen molar-refractivity contribution in [2.45, 2.75) is 27.1 Å². The molecular weight excluding hydrogens is 364 g/mol. The average Bonchev–Trinajstić information content (AvgIpc) is 2.77. The highest BCUT2D eigenvalue weighted by Gasteiger charge is 2.32. The van der Waals surface area contributed by atoms with E-state index in [2.05, 4.69) is 22.9 Å². The minimum atomic E-state index is -1.20. The topological polar surface area (TPSA) is 40.6 Å². The first-order chi connectivity index (χ1) is 12.5. The van der Waals surface area contributed by atoms with Gasteiger partial charge in [0.15, 0.2) is 0 Å². The second-order valence-corrected chi connectivity index (χ2v) is 9.89. The van der Waals surface area contributed by atoms with Gasteiger partial charge in [0.05, 0.1) is 10.8 Å². The zero-order valence-electron chi connectivity index (χ0n) is 15.2. The standard InChI is InChI=1S/C20H24N2O2S2/c1-21-9-11-22(12-10-21)18-13-15-5-3-4-6-19(15)26(24)20-8-7-16(25(2)23)14-17(18)20/h3-8,14,18H,9-13H2,1-2H3. The van der Waals surface area contributed by atoms with Crippen molar-refractivity contribution in [3.63, 3.8) is 0 Å². The summed E-state index contributed by atoms with van der Waals surface area (Å²) in [5.74, 6) is 0. The average molecular weight is 389 g/mol. The van der Waals surface area contributed by atoms with Crippen LogP contribution in [0.15, 0.2) is 57.2 Å². The van der Waals surface area contributed by atoms with Crippen molar-refractivity contribution < 1.29 is 8.42 Å². The van der Waals surface area contributed by atoms with Gasteiger partial charge in [0.1, 0.15) is 0 Å². The molecule has 1 fully saturated rings. The molecule has 0 amide bonds. The summed E-state index contributed by atoms with van der Waals surface area (Å²) in [6.07, 6.45) is 2.55. The van der Waals surface area contributed by atoms with Gasteiger partial charge in [-0.1, -0.05) is 18.2 Å². The number of rotatable bonds is 2. The fraction of sp³-hybridized carbons (Fsp3) is 0.400. The van der Waals surface area contributed by atoms with Crippen molar-refractivity contribution >= 4 is 21.6 Å². The molecule has 0 radical (unpaired) electrons. The molecule has 2 aromatic rings. The number of piperazine rings is 1. The van der Waals surface area contributed by atoms with E-state index in [0.29, 0.717) is 0 Å². The maximum atomic E-state index is 13.3. The van der Waals surface area contributed by atoms with E-state index in [1.807, 2.05) is 36.4 Å². The van der Waals surface area contributed by atoms with Gasteiger partial charge in [0, 0.05) is 64.0 Å². The smallest absolute Gasteiger partial charge is 0.0855 e. The van der Waals surface area contributed by atoms with E-state index >= 15 is 0 Å². The second kappa shape index (κ2) is 7.35. The van der Waals surface area contributed by atoms with E-state index in [1.54, 1.807) is 6.26 Å². The molecule has 3 unspecified atom stereocenters. The summed E-state index contributed by atoms with van der Waals surface area (Å²) in [5, 5.41) is 0. The second-order valence-electron chi connectivity index (χ2n) is 7.09. The Morgan fingerprint density at radius 1 is 1.04 bits per heavy atom.